The number of aliphatic hydroxyl groups is 1. The van der Waals surface area contributed by atoms with Gasteiger partial charge in [0.2, 0.25) is 0 Å². The Bertz CT molecular complexity index is 827. The summed E-state index contributed by atoms with van der Waals surface area (Å²) in [7, 11) is -0.297. The Balaban J connectivity index is 1.48. The molecule has 0 bridgehead atoms. The predicted octanol–water partition coefficient (Wildman–Crippen LogP) is 6.13. The second-order valence-corrected chi connectivity index (χ2v) is 15.4. The molecule has 11 atom stereocenters. The van der Waals surface area contributed by atoms with E-state index in [0.717, 1.165) is 31.6 Å². The van der Waals surface area contributed by atoms with Crippen molar-refractivity contribution in [2.75, 3.05) is 40.5 Å². The number of aliphatic hydroxyl groups excluding tert-OH is 1. The van der Waals surface area contributed by atoms with E-state index in [1.54, 1.807) is 0 Å². The fourth-order valence-electron chi connectivity index (χ4n) is 9.76. The molecule has 4 rings (SSSR count). The molecule has 2 N–H and O–H groups in total. The molecule has 0 aromatic heterocycles. The van der Waals surface area contributed by atoms with Crippen molar-refractivity contribution in [3.63, 3.8) is 0 Å². The Labute approximate surface area is 232 Å². The summed E-state index contributed by atoms with van der Waals surface area (Å²) >= 11 is 0. The van der Waals surface area contributed by atoms with Gasteiger partial charge in [0.1, 0.15) is 0 Å². The van der Waals surface area contributed by atoms with Crippen molar-refractivity contribution in [3.8, 4) is 0 Å². The number of hydrogen-bond acceptors (Lipinski definition) is 6. The normalized spacial score (nSPS) is 43.2. The lowest BCUT2D eigenvalue weighted by Crippen LogP contribution is -2.59. The molecule has 7 nitrogen and oxygen atoms in total. The smallest absolute Gasteiger partial charge is 0.393 e. The third-order valence-corrected chi connectivity index (χ3v) is 12.7. The predicted molar refractivity (Wildman–Crippen MR) is 151 cm³/mol. The molecule has 0 amide bonds. The van der Waals surface area contributed by atoms with Crippen molar-refractivity contribution < 1.29 is 28.3 Å². The largest absolute Gasteiger partial charge is 0.472 e. The summed E-state index contributed by atoms with van der Waals surface area (Å²) in [6.45, 7) is 10.8. The van der Waals surface area contributed by atoms with E-state index in [-0.39, 0.29) is 36.3 Å². The number of likely N-dealkylation sites (N-methyl/N-ethyl adjacent to an activating group) is 1. The average Bonchev–Trinajstić information content (AvgIpc) is 3.20. The maximum atomic E-state index is 12.3. The number of fused-ring (bicyclic) bond motifs is 5. The molecule has 4 aliphatic rings. The molecule has 0 heterocycles. The third kappa shape index (κ3) is 6.25. The summed E-state index contributed by atoms with van der Waals surface area (Å²) < 4.78 is 29.5. The van der Waals surface area contributed by atoms with Crippen molar-refractivity contribution in [1.29, 1.82) is 0 Å². The maximum Gasteiger partial charge on any atom is 0.472 e. The van der Waals surface area contributed by atoms with E-state index < -0.39 is 7.82 Å². The van der Waals surface area contributed by atoms with Crippen LogP contribution in [0.25, 0.3) is 0 Å². The number of phosphoric acid groups is 1. The van der Waals surface area contributed by atoms with E-state index in [2.05, 4.69) is 27.7 Å². The molecule has 1 unspecified atom stereocenters. The molecule has 0 aliphatic heterocycles. The van der Waals surface area contributed by atoms with Crippen molar-refractivity contribution in [2.24, 2.45) is 46.3 Å². The fraction of sp³-hybridized carbons (Fsp3) is 1.00. The van der Waals surface area contributed by atoms with E-state index >= 15 is 0 Å². The molecule has 222 valence electrons. The van der Waals surface area contributed by atoms with Gasteiger partial charge >= 0.3 is 7.82 Å². The van der Waals surface area contributed by atoms with E-state index in [4.69, 9.17) is 13.8 Å². The number of nitrogens with zero attached hydrogens (tertiary/aromatic N) is 1. The van der Waals surface area contributed by atoms with Gasteiger partial charge < -0.3 is 19.6 Å². The first kappa shape index (κ1) is 30.9. The lowest BCUT2D eigenvalue weighted by Gasteiger charge is -2.63. The molecule has 4 fully saturated rings. The Kier molecular flexibility index (Phi) is 10.2. The second-order valence-electron chi connectivity index (χ2n) is 13.9. The van der Waals surface area contributed by atoms with Gasteiger partial charge in [-0.3, -0.25) is 9.05 Å². The standard InChI is InChI=1S/C30H56NO6P/c1-7-8-21(2)25-11-12-26-24-10-9-22-19-23(32)13-14-29(22,3)27(24)20-28(30(25,26)4)35-17-18-37-38(33,34)36-16-15-31(5)6/h21-28,32H,7-20H2,1-6H3,(H,33,34)/t21-,22-,23-,24+,25-,26+,27+,28+,29+,30-/m1/s1. The number of hydrogen-bond donors (Lipinski definition) is 2. The van der Waals surface area contributed by atoms with Crippen LogP contribution in [-0.2, 0) is 18.3 Å². The van der Waals surface area contributed by atoms with Gasteiger partial charge in [0.05, 0.1) is 32.0 Å². The topological polar surface area (TPSA) is 88.5 Å². The number of ether oxygens (including phenoxy) is 1. The first-order valence-corrected chi connectivity index (χ1v) is 17.0. The molecular formula is C30H56NO6P. The second kappa shape index (κ2) is 12.5. The Morgan fingerprint density at radius 2 is 1.74 bits per heavy atom. The number of rotatable bonds is 12. The van der Waals surface area contributed by atoms with Crippen molar-refractivity contribution in [2.45, 2.75) is 104 Å². The fourth-order valence-corrected chi connectivity index (χ4v) is 10.4. The molecule has 38 heavy (non-hydrogen) atoms. The third-order valence-electron chi connectivity index (χ3n) is 11.7. The highest BCUT2D eigenvalue weighted by molar-refractivity contribution is 7.47. The summed E-state index contributed by atoms with van der Waals surface area (Å²) in [5.74, 6) is 3.96. The first-order valence-electron chi connectivity index (χ1n) is 15.5. The molecule has 0 spiro atoms. The van der Waals surface area contributed by atoms with Gasteiger partial charge in [0, 0.05) is 6.54 Å². The van der Waals surface area contributed by atoms with Crippen LogP contribution in [0.4, 0.5) is 0 Å². The van der Waals surface area contributed by atoms with E-state index in [9.17, 15) is 14.6 Å². The lowest BCUT2D eigenvalue weighted by molar-refractivity contribution is -0.192. The zero-order valence-corrected chi connectivity index (χ0v) is 25.8. The highest BCUT2D eigenvalue weighted by Crippen LogP contribution is 2.69. The summed E-state index contributed by atoms with van der Waals surface area (Å²) in [4.78, 5) is 12.0. The average molecular weight is 558 g/mol. The summed E-state index contributed by atoms with van der Waals surface area (Å²) in [6, 6.07) is 0. The van der Waals surface area contributed by atoms with Crippen LogP contribution in [0, 0.1) is 46.3 Å². The van der Waals surface area contributed by atoms with E-state index in [0.29, 0.717) is 42.7 Å². The SMILES string of the molecule is CCC[C@@H](C)[C@H]1CC[C@H]2[C@@H]3CC[C@@H]4C[C@H](O)CC[C@]4(C)[C@H]3C[C@H](OCCOP(=O)(O)OCCN(C)C)[C@]12C. The van der Waals surface area contributed by atoms with Crippen LogP contribution in [-0.4, -0.2) is 67.6 Å². The van der Waals surface area contributed by atoms with Crippen molar-refractivity contribution >= 4 is 7.82 Å². The molecule has 0 aromatic rings. The lowest BCUT2D eigenvalue weighted by atomic mass is 9.43. The molecule has 0 aromatic carbocycles. The van der Waals surface area contributed by atoms with Gasteiger partial charge in [-0.15, -0.1) is 0 Å². The minimum Gasteiger partial charge on any atom is -0.393 e. The van der Waals surface area contributed by atoms with Crippen LogP contribution in [0.15, 0.2) is 0 Å². The summed E-state index contributed by atoms with van der Waals surface area (Å²) in [6.07, 6.45) is 11.6. The van der Waals surface area contributed by atoms with E-state index in [1.165, 1.54) is 38.5 Å². The van der Waals surface area contributed by atoms with Gasteiger partial charge in [-0.05, 0) is 112 Å². The van der Waals surface area contributed by atoms with Crippen LogP contribution in [0.5, 0.6) is 0 Å². The van der Waals surface area contributed by atoms with Crippen LogP contribution >= 0.6 is 7.82 Å². The molecule has 0 radical (unpaired) electrons. The van der Waals surface area contributed by atoms with Crippen LogP contribution in [0.2, 0.25) is 0 Å². The zero-order valence-electron chi connectivity index (χ0n) is 24.9. The minimum absolute atomic E-state index is 0.0579. The molecule has 4 aliphatic carbocycles. The zero-order chi connectivity index (χ0) is 27.7. The van der Waals surface area contributed by atoms with Gasteiger partial charge in [-0.25, -0.2) is 4.57 Å². The monoisotopic (exact) mass is 557 g/mol. The van der Waals surface area contributed by atoms with Crippen LogP contribution in [0.3, 0.4) is 0 Å². The first-order chi connectivity index (χ1) is 17.9. The van der Waals surface area contributed by atoms with Gasteiger partial charge in [0.15, 0.2) is 0 Å². The highest BCUT2D eigenvalue weighted by Gasteiger charge is 2.64. The molecule has 0 saturated heterocycles. The van der Waals surface area contributed by atoms with Gasteiger partial charge in [0.25, 0.3) is 0 Å². The minimum atomic E-state index is -4.08. The van der Waals surface area contributed by atoms with Crippen molar-refractivity contribution in [1.82, 2.24) is 4.90 Å². The Morgan fingerprint density at radius 1 is 1.00 bits per heavy atom. The van der Waals surface area contributed by atoms with Gasteiger partial charge in [-0.2, -0.15) is 0 Å². The van der Waals surface area contributed by atoms with E-state index in [1.807, 2.05) is 19.0 Å². The molecule has 4 saturated carbocycles. The van der Waals surface area contributed by atoms with Gasteiger partial charge in [-0.1, -0.05) is 40.5 Å². The highest BCUT2D eigenvalue weighted by atomic mass is 31.2. The quantitative estimate of drug-likeness (QED) is 0.220. The van der Waals surface area contributed by atoms with Crippen molar-refractivity contribution in [3.05, 3.63) is 0 Å². The Hall–Kier alpha value is -0.0100. The summed E-state index contributed by atoms with van der Waals surface area (Å²) in [5, 5.41) is 10.4. The Morgan fingerprint density at radius 3 is 2.45 bits per heavy atom. The maximum absolute atomic E-state index is 12.3. The van der Waals surface area contributed by atoms with Crippen LogP contribution in [0.1, 0.15) is 91.9 Å². The molecular weight excluding hydrogens is 501 g/mol. The molecule has 8 heteroatoms. The summed E-state index contributed by atoms with van der Waals surface area (Å²) in [5.41, 5.74) is 0.397. The number of phosphoric ester groups is 1. The van der Waals surface area contributed by atoms with Crippen LogP contribution < -0.4 is 0 Å².